The van der Waals surface area contributed by atoms with Crippen molar-refractivity contribution >= 4 is 33.4 Å². The van der Waals surface area contributed by atoms with Crippen molar-refractivity contribution in [1.82, 2.24) is 9.21 Å². The van der Waals surface area contributed by atoms with Crippen molar-refractivity contribution < 1.29 is 8.42 Å². The number of sulfonamides is 1. The quantitative estimate of drug-likeness (QED) is 0.812. The van der Waals surface area contributed by atoms with E-state index in [0.717, 1.165) is 37.6 Å². The molecule has 0 aromatic heterocycles. The highest BCUT2D eigenvalue weighted by Crippen LogP contribution is 2.26. The number of thioether (sulfide) groups is 1. The van der Waals surface area contributed by atoms with Crippen LogP contribution in [0.25, 0.3) is 0 Å². The van der Waals surface area contributed by atoms with Crippen LogP contribution < -0.4 is 0 Å². The van der Waals surface area contributed by atoms with E-state index >= 15 is 0 Å². The summed E-state index contributed by atoms with van der Waals surface area (Å²) in [5.41, 5.74) is 0. The maximum Gasteiger partial charge on any atom is 0.243 e. The average Bonchev–Trinajstić information content (AvgIpc) is 2.92. The third kappa shape index (κ3) is 4.23. The van der Waals surface area contributed by atoms with Gasteiger partial charge in [0, 0.05) is 29.9 Å². The van der Waals surface area contributed by atoms with E-state index in [-0.39, 0.29) is 6.04 Å². The van der Waals surface area contributed by atoms with E-state index in [9.17, 15) is 8.42 Å². The smallest absolute Gasteiger partial charge is 0.243 e. The zero-order valence-corrected chi connectivity index (χ0v) is 15.5. The van der Waals surface area contributed by atoms with Gasteiger partial charge in [0.05, 0.1) is 4.90 Å². The van der Waals surface area contributed by atoms with Crippen LogP contribution in [0.1, 0.15) is 19.3 Å². The summed E-state index contributed by atoms with van der Waals surface area (Å²) >= 11 is 7.77. The first-order valence-corrected chi connectivity index (χ1v) is 11.1. The van der Waals surface area contributed by atoms with E-state index in [0.29, 0.717) is 16.5 Å². The topological polar surface area (TPSA) is 40.6 Å². The first-order chi connectivity index (χ1) is 11.1. The normalized spacial score (nSPS) is 24.7. The summed E-state index contributed by atoms with van der Waals surface area (Å²) in [6.07, 6.45) is 3.36. The minimum absolute atomic E-state index is 0.0567. The van der Waals surface area contributed by atoms with Crippen molar-refractivity contribution in [3.05, 3.63) is 29.3 Å². The Morgan fingerprint density at radius 3 is 2.48 bits per heavy atom. The monoisotopic (exact) mass is 374 g/mol. The summed E-state index contributed by atoms with van der Waals surface area (Å²) in [7, 11) is -3.46. The van der Waals surface area contributed by atoms with Crippen LogP contribution in [0.3, 0.4) is 0 Å². The fraction of sp³-hybridized carbons (Fsp3) is 0.625. The Balaban J connectivity index is 1.83. The molecule has 1 aromatic rings. The Morgan fingerprint density at radius 2 is 1.78 bits per heavy atom. The Labute approximate surface area is 148 Å². The number of benzene rings is 1. The molecule has 0 bridgehead atoms. The van der Waals surface area contributed by atoms with E-state index in [2.05, 4.69) is 4.90 Å². The maximum absolute atomic E-state index is 13.1. The molecule has 4 nitrogen and oxygen atoms in total. The van der Waals surface area contributed by atoms with Crippen molar-refractivity contribution in [1.29, 1.82) is 0 Å². The molecule has 1 atom stereocenters. The number of halogens is 1. The zero-order valence-electron chi connectivity index (χ0n) is 13.2. The molecule has 2 aliphatic rings. The molecule has 2 heterocycles. The summed E-state index contributed by atoms with van der Waals surface area (Å²) in [5, 5.41) is 0.559. The number of nitrogens with zero attached hydrogens (tertiary/aromatic N) is 2. The molecular weight excluding hydrogens is 352 g/mol. The zero-order chi connectivity index (χ0) is 16.3. The summed E-state index contributed by atoms with van der Waals surface area (Å²) in [6, 6.07) is 6.58. The Kier molecular flexibility index (Phi) is 5.91. The molecule has 0 aliphatic carbocycles. The first kappa shape index (κ1) is 17.5. The van der Waals surface area contributed by atoms with Gasteiger partial charge in [-0.25, -0.2) is 8.42 Å². The predicted molar refractivity (Wildman–Crippen MR) is 96.7 cm³/mol. The number of hydrogen-bond donors (Lipinski definition) is 0. The van der Waals surface area contributed by atoms with Gasteiger partial charge in [0.2, 0.25) is 10.0 Å². The second-order valence-electron chi connectivity index (χ2n) is 6.16. The molecule has 2 saturated heterocycles. The molecule has 7 heteroatoms. The molecule has 23 heavy (non-hydrogen) atoms. The van der Waals surface area contributed by atoms with Crippen molar-refractivity contribution in [2.45, 2.75) is 30.2 Å². The van der Waals surface area contributed by atoms with Gasteiger partial charge in [0.1, 0.15) is 0 Å². The van der Waals surface area contributed by atoms with Crippen LogP contribution in [0.2, 0.25) is 5.02 Å². The van der Waals surface area contributed by atoms with Crippen LogP contribution in [-0.4, -0.2) is 61.3 Å². The van der Waals surface area contributed by atoms with Crippen LogP contribution in [-0.2, 0) is 10.0 Å². The lowest BCUT2D eigenvalue weighted by molar-refractivity contribution is 0.243. The highest BCUT2D eigenvalue weighted by molar-refractivity contribution is 7.99. The Morgan fingerprint density at radius 1 is 1.09 bits per heavy atom. The minimum atomic E-state index is -3.46. The Bertz CT molecular complexity index is 615. The molecule has 0 radical (unpaired) electrons. The van der Waals surface area contributed by atoms with Gasteiger partial charge >= 0.3 is 0 Å². The minimum Gasteiger partial charge on any atom is -0.302 e. The summed E-state index contributed by atoms with van der Waals surface area (Å²) in [6.45, 7) is 3.64. The Hall–Kier alpha value is -0.270. The molecule has 1 unspecified atom stereocenters. The van der Waals surface area contributed by atoms with Crippen LogP contribution in [0, 0.1) is 0 Å². The van der Waals surface area contributed by atoms with Gasteiger partial charge in [-0.05, 0) is 62.4 Å². The summed E-state index contributed by atoms with van der Waals surface area (Å²) < 4.78 is 27.9. The van der Waals surface area contributed by atoms with E-state index in [1.807, 2.05) is 11.8 Å². The van der Waals surface area contributed by atoms with Gasteiger partial charge in [0.25, 0.3) is 0 Å². The predicted octanol–water partition coefficient (Wildman–Crippen LogP) is 2.93. The van der Waals surface area contributed by atoms with Crippen LogP contribution in [0.15, 0.2) is 29.2 Å². The molecule has 0 saturated carbocycles. The molecule has 3 rings (SSSR count). The van der Waals surface area contributed by atoms with Crippen LogP contribution >= 0.6 is 23.4 Å². The third-order valence-corrected chi connectivity index (χ3v) is 7.89. The van der Waals surface area contributed by atoms with Gasteiger partial charge in [-0.2, -0.15) is 16.1 Å². The number of hydrogen-bond acceptors (Lipinski definition) is 4. The largest absolute Gasteiger partial charge is 0.302 e. The van der Waals surface area contributed by atoms with E-state index in [1.54, 1.807) is 28.6 Å². The highest BCUT2D eigenvalue weighted by atomic mass is 35.5. The first-order valence-electron chi connectivity index (χ1n) is 8.15. The van der Waals surface area contributed by atoms with E-state index < -0.39 is 10.0 Å². The van der Waals surface area contributed by atoms with Crippen molar-refractivity contribution in [2.24, 2.45) is 0 Å². The second-order valence-corrected chi connectivity index (χ2v) is 9.64. The molecule has 0 N–H and O–H groups in total. The van der Waals surface area contributed by atoms with Crippen molar-refractivity contribution in [3.63, 3.8) is 0 Å². The van der Waals surface area contributed by atoms with Crippen molar-refractivity contribution in [3.8, 4) is 0 Å². The summed E-state index contributed by atoms with van der Waals surface area (Å²) in [5.74, 6) is 1.91. The standard InChI is InChI=1S/C16H23ClN2O2S2/c17-14-4-6-16(7-5-14)23(20,21)19-10-3-11-22-13-15(19)12-18-8-1-2-9-18/h4-7,15H,1-3,8-13H2. The van der Waals surface area contributed by atoms with Gasteiger partial charge < -0.3 is 4.90 Å². The van der Waals surface area contributed by atoms with Gasteiger partial charge in [-0.1, -0.05) is 11.6 Å². The summed E-state index contributed by atoms with van der Waals surface area (Å²) in [4.78, 5) is 2.75. The molecular formula is C16H23ClN2O2S2. The van der Waals surface area contributed by atoms with E-state index in [4.69, 9.17) is 11.6 Å². The highest BCUT2D eigenvalue weighted by Gasteiger charge is 2.34. The molecule has 2 aliphatic heterocycles. The van der Waals surface area contributed by atoms with E-state index in [1.165, 1.54) is 12.8 Å². The number of rotatable bonds is 4. The second kappa shape index (κ2) is 7.74. The third-order valence-electron chi connectivity index (χ3n) is 4.47. The molecule has 0 amide bonds. The molecule has 2 fully saturated rings. The van der Waals surface area contributed by atoms with Gasteiger partial charge in [0.15, 0.2) is 0 Å². The molecule has 128 valence electrons. The molecule has 1 aromatic carbocycles. The van der Waals surface area contributed by atoms with Crippen LogP contribution in [0.5, 0.6) is 0 Å². The fourth-order valence-corrected chi connectivity index (χ4v) is 6.20. The SMILES string of the molecule is O=S(=O)(c1ccc(Cl)cc1)N1CCCSCC1CN1CCCC1. The lowest BCUT2D eigenvalue weighted by atomic mass is 10.3. The van der Waals surface area contributed by atoms with Gasteiger partial charge in [-0.15, -0.1) is 0 Å². The van der Waals surface area contributed by atoms with Gasteiger partial charge in [-0.3, -0.25) is 0 Å². The lowest BCUT2D eigenvalue weighted by Crippen LogP contribution is -2.47. The average molecular weight is 375 g/mol. The van der Waals surface area contributed by atoms with Crippen molar-refractivity contribution in [2.75, 3.05) is 37.7 Å². The van der Waals surface area contributed by atoms with Crippen LogP contribution in [0.4, 0.5) is 0 Å². The maximum atomic E-state index is 13.1. The number of likely N-dealkylation sites (tertiary alicyclic amines) is 1. The fourth-order valence-electron chi connectivity index (χ4n) is 3.27. The lowest BCUT2D eigenvalue weighted by Gasteiger charge is -2.31. The molecule has 0 spiro atoms.